The Kier molecular flexibility index (Phi) is 16.6. The van der Waals surface area contributed by atoms with Crippen molar-refractivity contribution < 1.29 is 55.0 Å². The van der Waals surface area contributed by atoms with Gasteiger partial charge in [0, 0.05) is 37.1 Å². The number of nitrogens with two attached hydrogens (primary N) is 4. The Balaban J connectivity index is 1.18. The third-order valence-electron chi connectivity index (χ3n) is 12.4. The minimum atomic E-state index is -4.17. The second-order valence-electron chi connectivity index (χ2n) is 18.9. The smallest absolute Gasteiger partial charge is 0.328 e. The maximum Gasteiger partial charge on any atom is 0.328 e. The molecule has 0 bridgehead atoms. The van der Waals surface area contributed by atoms with Crippen molar-refractivity contribution in [2.24, 2.45) is 21.5 Å². The van der Waals surface area contributed by atoms with Gasteiger partial charge in [0.25, 0.3) is 31.9 Å². The highest BCUT2D eigenvalue weighted by atomic mass is 32.2. The number of nitrogens with zero attached hydrogens (tertiary/aromatic N) is 4. The van der Waals surface area contributed by atoms with Crippen LogP contribution in [0.15, 0.2) is 19.8 Å². The third-order valence-corrected chi connectivity index (χ3v) is 15.7. The Morgan fingerprint density at radius 2 is 0.944 bits per heavy atom. The van der Waals surface area contributed by atoms with Crippen LogP contribution in [0.3, 0.4) is 0 Å². The fourth-order valence-corrected chi connectivity index (χ4v) is 11.8. The van der Waals surface area contributed by atoms with E-state index in [9.17, 15) is 36.0 Å². The third kappa shape index (κ3) is 12.2. The van der Waals surface area contributed by atoms with Crippen molar-refractivity contribution in [1.82, 2.24) is 30.0 Å². The lowest BCUT2D eigenvalue weighted by Crippen LogP contribution is -2.43. The summed E-state index contributed by atoms with van der Waals surface area (Å²) in [6.07, 6.45) is 1.14. The lowest BCUT2D eigenvalue weighted by Gasteiger charge is -2.19. The fourth-order valence-electron chi connectivity index (χ4n) is 8.76. The summed E-state index contributed by atoms with van der Waals surface area (Å²) in [6, 6.07) is -2.56. The molecule has 0 radical (unpaired) electrons. The first kappa shape index (κ1) is 56.0. The lowest BCUT2D eigenvalue weighted by atomic mass is 9.94. The van der Waals surface area contributed by atoms with Gasteiger partial charge in [-0.1, -0.05) is 0 Å². The molecule has 394 valence electrons. The Labute approximate surface area is 419 Å². The number of carbonyl (C=O) groups is 4. The Morgan fingerprint density at radius 3 is 1.26 bits per heavy atom. The average molecular weight is 1040 g/mol. The maximum atomic E-state index is 13.6. The van der Waals surface area contributed by atoms with Crippen LogP contribution in [0.1, 0.15) is 119 Å². The zero-order chi connectivity index (χ0) is 54.0. The predicted molar refractivity (Wildman–Crippen MR) is 268 cm³/mol. The van der Waals surface area contributed by atoms with E-state index in [-0.39, 0.29) is 48.6 Å². The van der Waals surface area contributed by atoms with E-state index in [4.69, 9.17) is 41.9 Å². The molecule has 5 rings (SSSR count). The topological polar surface area (TPSA) is 376 Å². The largest absolute Gasteiger partial charge is 0.487 e. The standard InChI is InChI=1S/C46H66N12O12S2/c1-21-23(3)35(25(5)27-19-45(7,8)69-33(21)27)71(63,64)57-43(49)51-17-13-15-29(41(61)67-11)53-39(59)31-37(47)56-32(38(48)55-31)40(60)54-30(42(62)68-12)16-14-18-52-44(50)58-72(65,66)36-24(4)22(2)34-28(26(36)6)20-46(9,10)70-34/h29-30H,13-20H2,1-12H3,(H2,48,55)(H2,47,56)(H,53,59)(H,54,60)(H3,49,51,57)(H3,50,52,58)/t29-,30?/m1/s1. The number of benzene rings is 2. The van der Waals surface area contributed by atoms with Gasteiger partial charge in [-0.15, -0.1) is 0 Å². The molecule has 2 aliphatic rings. The van der Waals surface area contributed by atoms with Crippen LogP contribution >= 0.6 is 0 Å². The number of amides is 2. The Bertz CT molecular complexity index is 2790. The van der Waals surface area contributed by atoms with E-state index < -0.39 is 102 Å². The number of guanidine groups is 2. The molecule has 0 fully saturated rings. The molecule has 2 amide bonds. The maximum absolute atomic E-state index is 13.6. The molecule has 2 aromatic carbocycles. The van der Waals surface area contributed by atoms with Crippen molar-refractivity contribution >= 4 is 67.4 Å². The van der Waals surface area contributed by atoms with E-state index in [0.29, 0.717) is 57.7 Å². The number of fused-ring (bicyclic) bond motifs is 2. The van der Waals surface area contributed by atoms with Gasteiger partial charge in [-0.05, 0) is 128 Å². The van der Waals surface area contributed by atoms with Gasteiger partial charge in [0.15, 0.2) is 23.0 Å². The predicted octanol–water partition coefficient (Wildman–Crippen LogP) is 1.61. The molecular weight excluding hydrogens is 977 g/mol. The molecule has 72 heavy (non-hydrogen) atoms. The van der Waals surface area contributed by atoms with Gasteiger partial charge in [0.05, 0.1) is 24.0 Å². The minimum absolute atomic E-state index is 0.0606. The highest BCUT2D eigenvalue weighted by Gasteiger charge is 2.39. The number of nitrogens with one attached hydrogen (secondary N) is 4. The van der Waals surface area contributed by atoms with Gasteiger partial charge in [-0.25, -0.2) is 45.8 Å². The molecule has 24 nitrogen and oxygen atoms in total. The second kappa shape index (κ2) is 21.4. The van der Waals surface area contributed by atoms with E-state index in [2.05, 4.69) is 40.0 Å². The molecular formula is C46H66N12O12S2. The minimum Gasteiger partial charge on any atom is -0.487 e. The molecule has 1 aromatic heterocycles. The number of ether oxygens (including phenoxy) is 4. The normalized spacial score (nSPS) is 15.8. The summed E-state index contributed by atoms with van der Waals surface area (Å²) < 4.78 is 80.9. The first-order valence-electron chi connectivity index (χ1n) is 22.9. The van der Waals surface area contributed by atoms with Crippen LogP contribution in [0.4, 0.5) is 11.6 Å². The fraction of sp³-hybridized carbons (Fsp3) is 0.522. The van der Waals surface area contributed by atoms with Gasteiger partial charge in [0.2, 0.25) is 11.9 Å². The molecule has 0 saturated heterocycles. The highest BCUT2D eigenvalue weighted by Crippen LogP contribution is 2.45. The van der Waals surface area contributed by atoms with Crippen molar-refractivity contribution in [3.05, 3.63) is 55.9 Å². The molecule has 12 N–H and O–H groups in total. The van der Waals surface area contributed by atoms with Crippen LogP contribution in [0.2, 0.25) is 0 Å². The number of rotatable bonds is 18. The molecule has 0 saturated carbocycles. The number of nitrogen functional groups attached to an aromatic ring is 2. The van der Waals surface area contributed by atoms with Crippen LogP contribution < -0.4 is 52.5 Å². The quantitative estimate of drug-likeness (QED) is 0.0388. The molecule has 26 heteroatoms. The lowest BCUT2D eigenvalue weighted by molar-refractivity contribution is -0.143. The van der Waals surface area contributed by atoms with Gasteiger partial charge >= 0.3 is 11.9 Å². The summed E-state index contributed by atoms with van der Waals surface area (Å²) in [5.41, 5.74) is 27.2. The Hall–Kier alpha value is -6.96. The first-order valence-corrected chi connectivity index (χ1v) is 25.8. The number of aliphatic imine (C=N–C) groups is 2. The van der Waals surface area contributed by atoms with Gasteiger partial charge in [0.1, 0.15) is 34.8 Å². The summed E-state index contributed by atoms with van der Waals surface area (Å²) in [5.74, 6) is -4.26. The number of anilines is 2. The average Bonchev–Trinajstić information content (AvgIpc) is 3.81. The SMILES string of the molecule is COC(=O)C(CCCN=C(N)NS(=O)(=O)c1c(C)c(C)c2c(c1C)CC(C)(C)O2)NC(=O)c1nc(N)c(C(=O)N[C@H](CCCN=C(N)NS(=O)(=O)c2c(C)c(C)c3c(c2C)CC(C)(C)O3)C(=O)OC)nc1N. The monoisotopic (exact) mass is 1040 g/mol. The van der Waals surface area contributed by atoms with E-state index in [1.165, 1.54) is 0 Å². The zero-order valence-corrected chi connectivity index (χ0v) is 44.3. The van der Waals surface area contributed by atoms with Crippen molar-refractivity contribution in [2.45, 2.75) is 141 Å². The number of aromatic nitrogens is 2. The van der Waals surface area contributed by atoms with Crippen LogP contribution in [-0.4, -0.2) is 113 Å². The summed E-state index contributed by atoms with van der Waals surface area (Å²) in [6.45, 7) is 18.0. The summed E-state index contributed by atoms with van der Waals surface area (Å²) in [5, 5.41) is 4.89. The first-order chi connectivity index (χ1) is 33.4. The summed E-state index contributed by atoms with van der Waals surface area (Å²) in [7, 11) is -6.14. The molecule has 0 aliphatic carbocycles. The number of carbonyl (C=O) groups excluding carboxylic acids is 4. The van der Waals surface area contributed by atoms with Crippen LogP contribution in [0, 0.1) is 41.5 Å². The van der Waals surface area contributed by atoms with Gasteiger partial charge in [-0.3, -0.25) is 19.6 Å². The number of hydrogen-bond acceptors (Lipinski definition) is 18. The molecule has 0 spiro atoms. The van der Waals surface area contributed by atoms with E-state index in [1.54, 1.807) is 41.5 Å². The number of methoxy groups -OCH3 is 2. The molecule has 3 aromatic rings. The van der Waals surface area contributed by atoms with Crippen molar-refractivity contribution in [3.8, 4) is 11.5 Å². The zero-order valence-electron chi connectivity index (χ0n) is 42.6. The second-order valence-corrected chi connectivity index (χ2v) is 22.2. The van der Waals surface area contributed by atoms with Crippen molar-refractivity contribution in [3.63, 3.8) is 0 Å². The van der Waals surface area contributed by atoms with Gasteiger partial charge < -0.3 is 52.5 Å². The number of esters is 2. The number of sulfonamides is 2. The van der Waals surface area contributed by atoms with E-state index in [1.807, 2.05) is 27.7 Å². The highest BCUT2D eigenvalue weighted by molar-refractivity contribution is 7.90. The van der Waals surface area contributed by atoms with Crippen molar-refractivity contribution in [1.29, 1.82) is 0 Å². The molecule has 3 heterocycles. The summed E-state index contributed by atoms with van der Waals surface area (Å²) >= 11 is 0. The number of hydrogen-bond donors (Lipinski definition) is 8. The molecule has 1 unspecified atom stereocenters. The van der Waals surface area contributed by atoms with Crippen LogP contribution in [-0.2, 0) is 52.0 Å². The van der Waals surface area contributed by atoms with Crippen LogP contribution in [0.25, 0.3) is 0 Å². The van der Waals surface area contributed by atoms with Gasteiger partial charge in [-0.2, -0.15) is 0 Å². The molecule has 2 atom stereocenters. The van der Waals surface area contributed by atoms with Crippen LogP contribution in [0.5, 0.6) is 11.5 Å². The Morgan fingerprint density at radius 1 is 0.611 bits per heavy atom. The molecule has 2 aliphatic heterocycles. The van der Waals surface area contributed by atoms with E-state index >= 15 is 0 Å². The summed E-state index contributed by atoms with van der Waals surface area (Å²) in [4.78, 5) is 68.5. The van der Waals surface area contributed by atoms with E-state index in [0.717, 1.165) is 25.3 Å². The van der Waals surface area contributed by atoms with Crippen molar-refractivity contribution in [2.75, 3.05) is 38.8 Å².